The van der Waals surface area contributed by atoms with Gasteiger partial charge in [0.1, 0.15) is 42.7 Å². The van der Waals surface area contributed by atoms with Crippen molar-refractivity contribution in [3.63, 3.8) is 0 Å². The van der Waals surface area contributed by atoms with Gasteiger partial charge in [0.25, 0.3) is 0 Å². The van der Waals surface area contributed by atoms with Gasteiger partial charge in [0, 0.05) is 5.56 Å². The van der Waals surface area contributed by atoms with Crippen LogP contribution in [0.3, 0.4) is 0 Å². The van der Waals surface area contributed by atoms with Crippen LogP contribution in [0.25, 0.3) is 0 Å². The molecule has 0 aromatic heterocycles. The van der Waals surface area contributed by atoms with E-state index in [-0.39, 0.29) is 19.8 Å². The van der Waals surface area contributed by atoms with Crippen LogP contribution < -0.4 is 0 Å². The van der Waals surface area contributed by atoms with E-state index in [1.807, 2.05) is 74.5 Å². The fourth-order valence-electron chi connectivity index (χ4n) is 5.83. The molecular formula is C31H40O11. The first-order valence-electron chi connectivity index (χ1n) is 14.4. The van der Waals surface area contributed by atoms with Crippen molar-refractivity contribution in [3.8, 4) is 0 Å². The van der Waals surface area contributed by atoms with Crippen molar-refractivity contribution < 1.29 is 52.8 Å². The maximum absolute atomic E-state index is 11.5. The summed E-state index contributed by atoms with van der Waals surface area (Å²) in [7, 11) is 0. The molecule has 0 amide bonds. The first-order chi connectivity index (χ1) is 20.1. The van der Waals surface area contributed by atoms with Gasteiger partial charge in [0.15, 0.2) is 30.4 Å². The average Bonchev–Trinajstić information content (AvgIpc) is 3.51. The molecule has 42 heavy (non-hydrogen) atoms. The summed E-state index contributed by atoms with van der Waals surface area (Å²) in [5, 5.41) is 22.8. The maximum atomic E-state index is 11.5. The van der Waals surface area contributed by atoms with Crippen LogP contribution in [0.4, 0.5) is 0 Å². The zero-order valence-corrected chi connectivity index (χ0v) is 24.2. The van der Waals surface area contributed by atoms with Gasteiger partial charge < -0.3 is 52.8 Å². The molecule has 0 radical (unpaired) electrons. The van der Waals surface area contributed by atoms with Crippen molar-refractivity contribution in [2.75, 3.05) is 13.2 Å². The van der Waals surface area contributed by atoms with Crippen LogP contribution in [0.15, 0.2) is 60.7 Å². The molecule has 4 aliphatic heterocycles. The Balaban J connectivity index is 1.18. The molecule has 4 heterocycles. The normalized spacial score (nSPS) is 38.2. The zero-order chi connectivity index (χ0) is 29.5. The molecule has 6 rings (SSSR count). The first-order valence-corrected chi connectivity index (χ1v) is 14.4. The van der Waals surface area contributed by atoms with Gasteiger partial charge in [-0.05, 0) is 33.3 Å². The van der Waals surface area contributed by atoms with Crippen LogP contribution in [-0.4, -0.2) is 90.3 Å². The summed E-state index contributed by atoms with van der Waals surface area (Å²) in [6.45, 7) is 7.77. The second kappa shape index (κ2) is 12.2. The third-order valence-electron chi connectivity index (χ3n) is 7.78. The van der Waals surface area contributed by atoms with Crippen molar-refractivity contribution in [2.24, 2.45) is 0 Å². The molecule has 2 aromatic rings. The average molecular weight is 589 g/mol. The molecule has 11 heteroatoms. The van der Waals surface area contributed by atoms with E-state index in [4.69, 9.17) is 42.6 Å². The lowest BCUT2D eigenvalue weighted by atomic mass is 9.97. The third-order valence-corrected chi connectivity index (χ3v) is 7.78. The van der Waals surface area contributed by atoms with E-state index >= 15 is 0 Å². The van der Waals surface area contributed by atoms with Crippen LogP contribution in [0, 0.1) is 0 Å². The molecule has 0 aliphatic carbocycles. The summed E-state index contributed by atoms with van der Waals surface area (Å²) < 4.78 is 54.5. The van der Waals surface area contributed by atoms with Crippen molar-refractivity contribution in [2.45, 2.75) is 107 Å². The molecule has 4 fully saturated rings. The summed E-state index contributed by atoms with van der Waals surface area (Å²) in [4.78, 5) is 0. The van der Waals surface area contributed by atoms with E-state index in [2.05, 4.69) is 0 Å². The third kappa shape index (κ3) is 6.57. The number of aliphatic hydroxyl groups is 2. The minimum absolute atomic E-state index is 0.166. The Bertz CT molecular complexity index is 1160. The second-order valence-corrected chi connectivity index (χ2v) is 11.9. The van der Waals surface area contributed by atoms with Crippen LogP contribution in [0.1, 0.15) is 45.1 Å². The minimum atomic E-state index is -1.53. The zero-order valence-electron chi connectivity index (χ0n) is 24.2. The quantitative estimate of drug-likeness (QED) is 0.443. The topological polar surface area (TPSA) is 124 Å². The van der Waals surface area contributed by atoms with E-state index in [9.17, 15) is 10.2 Å². The highest BCUT2D eigenvalue weighted by molar-refractivity contribution is 5.17. The number of aliphatic hydroxyl groups excluding tert-OH is 2. The highest BCUT2D eigenvalue weighted by atomic mass is 16.8. The van der Waals surface area contributed by atoms with E-state index < -0.39 is 73.2 Å². The summed E-state index contributed by atoms with van der Waals surface area (Å²) in [6.07, 6.45) is -9.04. The Morgan fingerprint density at radius 1 is 0.833 bits per heavy atom. The Morgan fingerprint density at radius 3 is 2.24 bits per heavy atom. The molecule has 2 unspecified atom stereocenters. The van der Waals surface area contributed by atoms with E-state index in [0.717, 1.165) is 11.1 Å². The monoisotopic (exact) mass is 588 g/mol. The standard InChI is InChI=1S/C31H40O11/c1-30(2)36-17-21(40-30)24-26(42-31(3,4)41-24)27(33)39-29-22(32)25(34-15-18-11-7-5-8-12-18)23-20(37-29)16-35-28(38-23)19-13-9-6-10-14-19/h5-14,20-29,32-33H,15-17H2,1-4H3/t20-,21+,22+,23-,24-,25-,26+,27?,28?,29+/m1/s1. The maximum Gasteiger partial charge on any atom is 0.189 e. The number of hydrogen-bond acceptors (Lipinski definition) is 11. The van der Waals surface area contributed by atoms with Gasteiger partial charge in [0.05, 0.1) is 19.8 Å². The highest BCUT2D eigenvalue weighted by Gasteiger charge is 2.55. The lowest BCUT2D eigenvalue weighted by molar-refractivity contribution is -0.386. The van der Waals surface area contributed by atoms with E-state index in [1.54, 1.807) is 13.8 Å². The van der Waals surface area contributed by atoms with Crippen LogP contribution in [-0.2, 0) is 49.2 Å². The van der Waals surface area contributed by atoms with Crippen molar-refractivity contribution in [3.05, 3.63) is 71.8 Å². The van der Waals surface area contributed by atoms with E-state index in [1.165, 1.54) is 0 Å². The molecule has 0 spiro atoms. The van der Waals surface area contributed by atoms with Crippen molar-refractivity contribution >= 4 is 0 Å². The molecule has 0 saturated carbocycles. The fraction of sp³-hybridized carbons (Fsp3) is 0.613. The summed E-state index contributed by atoms with van der Waals surface area (Å²) >= 11 is 0. The minimum Gasteiger partial charge on any atom is -0.385 e. The molecule has 10 atom stereocenters. The van der Waals surface area contributed by atoms with Crippen molar-refractivity contribution in [1.82, 2.24) is 0 Å². The SMILES string of the molecule is CC1(C)OC[C@@H]([C@H]2OC(C)(C)O[C@@H]2C(O)O[C@@H]2O[C@@H]3COC(c4ccccc4)O[C@H]3[C@H](OCc3ccccc3)[C@@H]2O)O1. The van der Waals surface area contributed by atoms with Gasteiger partial charge in [-0.1, -0.05) is 60.7 Å². The molecule has 4 aliphatic rings. The number of benzene rings is 2. The summed E-state index contributed by atoms with van der Waals surface area (Å²) in [5.41, 5.74) is 1.77. The largest absolute Gasteiger partial charge is 0.385 e. The molecule has 2 N–H and O–H groups in total. The molecule has 230 valence electrons. The van der Waals surface area contributed by atoms with Gasteiger partial charge in [-0.15, -0.1) is 0 Å². The Labute approximate surface area is 245 Å². The molecule has 2 aromatic carbocycles. The van der Waals surface area contributed by atoms with Crippen LogP contribution in [0.5, 0.6) is 0 Å². The summed E-state index contributed by atoms with van der Waals surface area (Å²) in [5.74, 6) is -1.80. The smallest absolute Gasteiger partial charge is 0.189 e. The molecular weight excluding hydrogens is 548 g/mol. The number of ether oxygens (including phenoxy) is 9. The predicted molar refractivity (Wildman–Crippen MR) is 146 cm³/mol. The lowest BCUT2D eigenvalue weighted by Crippen LogP contribution is -2.63. The molecule has 11 nitrogen and oxygen atoms in total. The Hall–Kier alpha value is -2.00. The molecule has 4 saturated heterocycles. The predicted octanol–water partition coefficient (Wildman–Crippen LogP) is 2.78. The van der Waals surface area contributed by atoms with Crippen molar-refractivity contribution in [1.29, 1.82) is 0 Å². The fourth-order valence-corrected chi connectivity index (χ4v) is 5.83. The number of hydrogen-bond donors (Lipinski definition) is 2. The second-order valence-electron chi connectivity index (χ2n) is 11.9. The Morgan fingerprint density at radius 2 is 1.55 bits per heavy atom. The van der Waals surface area contributed by atoms with Crippen LogP contribution in [0.2, 0.25) is 0 Å². The highest BCUT2D eigenvalue weighted by Crippen LogP contribution is 2.39. The van der Waals surface area contributed by atoms with Crippen LogP contribution >= 0.6 is 0 Å². The van der Waals surface area contributed by atoms with Gasteiger partial charge in [0.2, 0.25) is 0 Å². The van der Waals surface area contributed by atoms with E-state index in [0.29, 0.717) is 0 Å². The van der Waals surface area contributed by atoms with Gasteiger partial charge in [-0.2, -0.15) is 0 Å². The number of rotatable bonds is 8. The lowest BCUT2D eigenvalue weighted by Gasteiger charge is -2.48. The number of fused-ring (bicyclic) bond motifs is 1. The van der Waals surface area contributed by atoms with Gasteiger partial charge >= 0.3 is 0 Å². The Kier molecular flexibility index (Phi) is 8.71. The van der Waals surface area contributed by atoms with Gasteiger partial charge in [-0.25, -0.2) is 0 Å². The molecule has 0 bridgehead atoms. The first kappa shape index (κ1) is 30.0. The van der Waals surface area contributed by atoms with Gasteiger partial charge in [-0.3, -0.25) is 0 Å². The summed E-state index contributed by atoms with van der Waals surface area (Å²) in [6, 6.07) is 19.2.